The molecule has 2 aromatic carbocycles. The minimum absolute atomic E-state index is 0.890. The SMILES string of the molecule is c1ccc(CCc2cccc(-c3cn[nH]n3)c2)cc1. The second-order valence-electron chi connectivity index (χ2n) is 4.54. The number of H-pyrrole nitrogens is 1. The molecule has 0 saturated heterocycles. The smallest absolute Gasteiger partial charge is 0.112 e. The lowest BCUT2D eigenvalue weighted by Crippen LogP contribution is -1.91. The Bertz CT molecular complexity index is 630. The molecule has 1 heterocycles. The van der Waals surface area contributed by atoms with Gasteiger partial charge in [0.25, 0.3) is 0 Å². The fraction of sp³-hybridized carbons (Fsp3) is 0.125. The third-order valence-corrected chi connectivity index (χ3v) is 3.18. The van der Waals surface area contributed by atoms with E-state index in [2.05, 4.69) is 70.0 Å². The molecule has 0 aliphatic carbocycles. The number of aromatic nitrogens is 3. The summed E-state index contributed by atoms with van der Waals surface area (Å²) < 4.78 is 0. The first-order chi connectivity index (χ1) is 9.42. The summed E-state index contributed by atoms with van der Waals surface area (Å²) in [7, 11) is 0. The molecule has 3 heteroatoms. The normalized spacial score (nSPS) is 10.5. The molecule has 1 N–H and O–H groups in total. The van der Waals surface area contributed by atoms with Crippen LogP contribution in [0.3, 0.4) is 0 Å². The number of hydrogen-bond acceptors (Lipinski definition) is 2. The van der Waals surface area contributed by atoms with Crippen molar-refractivity contribution in [3.8, 4) is 11.3 Å². The molecule has 0 radical (unpaired) electrons. The van der Waals surface area contributed by atoms with Gasteiger partial charge in [-0.2, -0.15) is 15.4 Å². The van der Waals surface area contributed by atoms with Gasteiger partial charge in [-0.15, -0.1) is 0 Å². The number of hydrogen-bond donors (Lipinski definition) is 1. The lowest BCUT2D eigenvalue weighted by molar-refractivity contribution is 0.941. The Morgan fingerprint density at radius 3 is 2.42 bits per heavy atom. The summed E-state index contributed by atoms with van der Waals surface area (Å²) in [5.74, 6) is 0. The molecule has 0 saturated carbocycles. The molecule has 0 bridgehead atoms. The highest BCUT2D eigenvalue weighted by Crippen LogP contribution is 2.17. The Labute approximate surface area is 112 Å². The zero-order valence-corrected chi connectivity index (χ0v) is 10.6. The number of nitrogens with zero attached hydrogens (tertiary/aromatic N) is 2. The first-order valence-corrected chi connectivity index (χ1v) is 6.41. The van der Waals surface area contributed by atoms with Gasteiger partial charge in [-0.25, -0.2) is 0 Å². The highest BCUT2D eigenvalue weighted by atomic mass is 15.3. The Kier molecular flexibility index (Phi) is 3.36. The van der Waals surface area contributed by atoms with Crippen molar-refractivity contribution < 1.29 is 0 Å². The van der Waals surface area contributed by atoms with Crippen LogP contribution >= 0.6 is 0 Å². The van der Waals surface area contributed by atoms with E-state index in [4.69, 9.17) is 0 Å². The predicted octanol–water partition coefficient (Wildman–Crippen LogP) is 3.26. The topological polar surface area (TPSA) is 41.6 Å². The zero-order chi connectivity index (χ0) is 12.9. The molecule has 0 aliphatic heterocycles. The van der Waals surface area contributed by atoms with Gasteiger partial charge in [0, 0.05) is 5.56 Å². The first kappa shape index (κ1) is 11.7. The minimum atomic E-state index is 0.890. The molecular weight excluding hydrogens is 234 g/mol. The summed E-state index contributed by atoms with van der Waals surface area (Å²) in [6.45, 7) is 0. The summed E-state index contributed by atoms with van der Waals surface area (Å²) in [5, 5.41) is 10.6. The Morgan fingerprint density at radius 2 is 1.63 bits per heavy atom. The maximum atomic E-state index is 4.11. The molecule has 0 aliphatic rings. The summed E-state index contributed by atoms with van der Waals surface area (Å²) in [5.41, 5.74) is 4.69. The maximum Gasteiger partial charge on any atom is 0.112 e. The number of aryl methyl sites for hydroxylation is 2. The van der Waals surface area contributed by atoms with Crippen molar-refractivity contribution in [2.24, 2.45) is 0 Å². The molecule has 3 aromatic rings. The summed E-state index contributed by atoms with van der Waals surface area (Å²) in [6, 6.07) is 19.0. The molecule has 0 fully saturated rings. The maximum absolute atomic E-state index is 4.11. The van der Waals surface area contributed by atoms with Crippen LogP contribution in [0.15, 0.2) is 60.8 Å². The van der Waals surface area contributed by atoms with Crippen LogP contribution in [0.4, 0.5) is 0 Å². The van der Waals surface area contributed by atoms with E-state index in [1.807, 2.05) is 0 Å². The number of nitrogens with one attached hydrogen (secondary N) is 1. The van der Waals surface area contributed by atoms with Gasteiger partial charge in [-0.3, -0.25) is 0 Å². The first-order valence-electron chi connectivity index (χ1n) is 6.41. The van der Waals surface area contributed by atoms with Crippen molar-refractivity contribution in [1.29, 1.82) is 0 Å². The Morgan fingerprint density at radius 1 is 0.842 bits per heavy atom. The molecule has 19 heavy (non-hydrogen) atoms. The van der Waals surface area contributed by atoms with Crippen LogP contribution in [0.5, 0.6) is 0 Å². The van der Waals surface area contributed by atoms with E-state index >= 15 is 0 Å². The van der Waals surface area contributed by atoms with Crippen LogP contribution in [-0.4, -0.2) is 15.4 Å². The van der Waals surface area contributed by atoms with Crippen molar-refractivity contribution in [2.75, 3.05) is 0 Å². The van der Waals surface area contributed by atoms with Gasteiger partial charge in [0.2, 0.25) is 0 Å². The summed E-state index contributed by atoms with van der Waals surface area (Å²) >= 11 is 0. The van der Waals surface area contributed by atoms with E-state index in [-0.39, 0.29) is 0 Å². The Hall–Kier alpha value is -2.42. The summed E-state index contributed by atoms with van der Waals surface area (Å²) in [4.78, 5) is 0. The Balaban J connectivity index is 1.74. The molecule has 0 atom stereocenters. The molecular formula is C16H15N3. The average Bonchev–Trinajstić information content (AvgIpc) is 3.01. The van der Waals surface area contributed by atoms with Gasteiger partial charge in [0.15, 0.2) is 0 Å². The van der Waals surface area contributed by atoms with Crippen LogP contribution in [0.25, 0.3) is 11.3 Å². The lowest BCUT2D eigenvalue weighted by Gasteiger charge is -2.04. The van der Waals surface area contributed by atoms with E-state index < -0.39 is 0 Å². The number of benzene rings is 2. The fourth-order valence-corrected chi connectivity index (χ4v) is 2.16. The van der Waals surface area contributed by atoms with Crippen LogP contribution in [0, 0.1) is 0 Å². The van der Waals surface area contributed by atoms with Gasteiger partial charge in [-0.05, 0) is 30.0 Å². The van der Waals surface area contributed by atoms with E-state index in [9.17, 15) is 0 Å². The number of rotatable bonds is 4. The van der Waals surface area contributed by atoms with Gasteiger partial charge in [0.05, 0.1) is 6.20 Å². The minimum Gasteiger partial charge on any atom is -0.197 e. The predicted molar refractivity (Wildman–Crippen MR) is 75.7 cm³/mol. The van der Waals surface area contributed by atoms with E-state index in [0.29, 0.717) is 0 Å². The molecule has 94 valence electrons. The third kappa shape index (κ3) is 2.88. The molecule has 0 amide bonds. The van der Waals surface area contributed by atoms with E-state index in [0.717, 1.165) is 24.1 Å². The molecule has 0 spiro atoms. The zero-order valence-electron chi connectivity index (χ0n) is 10.6. The molecule has 3 nitrogen and oxygen atoms in total. The second-order valence-corrected chi connectivity index (χ2v) is 4.54. The van der Waals surface area contributed by atoms with E-state index in [1.54, 1.807) is 6.20 Å². The summed E-state index contributed by atoms with van der Waals surface area (Å²) in [6.07, 6.45) is 3.84. The van der Waals surface area contributed by atoms with Crippen LogP contribution in [-0.2, 0) is 12.8 Å². The third-order valence-electron chi connectivity index (χ3n) is 3.18. The standard InChI is InChI=1S/C16H15N3/c1-2-5-13(6-3-1)9-10-14-7-4-8-15(11-14)16-12-17-19-18-16/h1-8,11-12H,9-10H2,(H,17,18,19). The average molecular weight is 249 g/mol. The fourth-order valence-electron chi connectivity index (χ4n) is 2.16. The second kappa shape index (κ2) is 5.48. The molecule has 0 unspecified atom stereocenters. The highest BCUT2D eigenvalue weighted by molar-refractivity contribution is 5.58. The van der Waals surface area contributed by atoms with Gasteiger partial charge in [-0.1, -0.05) is 48.5 Å². The van der Waals surface area contributed by atoms with Gasteiger partial charge in [0.1, 0.15) is 5.69 Å². The van der Waals surface area contributed by atoms with Gasteiger partial charge >= 0.3 is 0 Å². The van der Waals surface area contributed by atoms with Crippen LogP contribution in [0.2, 0.25) is 0 Å². The highest BCUT2D eigenvalue weighted by Gasteiger charge is 2.02. The van der Waals surface area contributed by atoms with Gasteiger partial charge < -0.3 is 0 Å². The van der Waals surface area contributed by atoms with Crippen molar-refractivity contribution in [2.45, 2.75) is 12.8 Å². The lowest BCUT2D eigenvalue weighted by atomic mass is 10.0. The quantitative estimate of drug-likeness (QED) is 0.771. The molecule has 1 aromatic heterocycles. The van der Waals surface area contributed by atoms with Crippen molar-refractivity contribution in [1.82, 2.24) is 15.4 Å². The molecule has 3 rings (SSSR count). The monoisotopic (exact) mass is 249 g/mol. The van der Waals surface area contributed by atoms with Crippen LogP contribution in [0.1, 0.15) is 11.1 Å². The van der Waals surface area contributed by atoms with Crippen molar-refractivity contribution in [3.05, 3.63) is 71.9 Å². The number of aromatic amines is 1. The van der Waals surface area contributed by atoms with E-state index in [1.165, 1.54) is 11.1 Å². The van der Waals surface area contributed by atoms with Crippen LogP contribution < -0.4 is 0 Å². The van der Waals surface area contributed by atoms with Crippen molar-refractivity contribution in [3.63, 3.8) is 0 Å². The van der Waals surface area contributed by atoms with Crippen molar-refractivity contribution >= 4 is 0 Å². The largest absolute Gasteiger partial charge is 0.197 e.